The summed E-state index contributed by atoms with van der Waals surface area (Å²) in [5, 5.41) is 3.27. The van der Waals surface area contributed by atoms with E-state index >= 15 is 0 Å². The van der Waals surface area contributed by atoms with Crippen LogP contribution in [0.25, 0.3) is 0 Å². The third-order valence-corrected chi connectivity index (χ3v) is 2.93. The molecule has 0 bridgehead atoms. The smallest absolute Gasteiger partial charge is 0.234 e. The normalized spacial score (nSPS) is 14.5. The van der Waals surface area contributed by atoms with Gasteiger partial charge < -0.3 is 10.1 Å². The molecule has 17 heavy (non-hydrogen) atoms. The Bertz CT molecular complexity index is 346. The van der Waals surface area contributed by atoms with Crippen LogP contribution in [0.15, 0.2) is 12.4 Å². The average molecular weight is 258 g/mol. The highest BCUT2D eigenvalue weighted by atomic mass is 35.5. The molecule has 96 valence electrons. The first-order chi connectivity index (χ1) is 8.02. The second-order valence-electron chi connectivity index (χ2n) is 4.47. The molecule has 2 atom stereocenters. The molecule has 0 amide bonds. The summed E-state index contributed by atoms with van der Waals surface area (Å²) in [5.41, 5.74) is 0. The lowest BCUT2D eigenvalue weighted by Crippen LogP contribution is -2.25. The number of hydrogen-bond acceptors (Lipinski definition) is 4. The zero-order valence-corrected chi connectivity index (χ0v) is 11.5. The molecule has 0 saturated heterocycles. The van der Waals surface area contributed by atoms with Crippen LogP contribution >= 0.6 is 11.6 Å². The molecule has 0 spiro atoms. The number of nitrogens with one attached hydrogen (secondary N) is 1. The van der Waals surface area contributed by atoms with E-state index in [2.05, 4.69) is 29.1 Å². The Morgan fingerprint density at radius 1 is 1.29 bits per heavy atom. The minimum atomic E-state index is 0.0961. The van der Waals surface area contributed by atoms with Crippen molar-refractivity contribution in [3.63, 3.8) is 0 Å². The molecule has 1 aromatic rings. The lowest BCUT2D eigenvalue weighted by molar-refractivity contribution is 0.232. The minimum absolute atomic E-state index is 0.0961. The second-order valence-corrected chi connectivity index (χ2v) is 4.78. The number of rotatable bonds is 6. The zero-order valence-electron chi connectivity index (χ0n) is 10.8. The second kappa shape index (κ2) is 6.64. The summed E-state index contributed by atoms with van der Waals surface area (Å²) < 4.78 is 5.48. The third-order valence-electron chi connectivity index (χ3n) is 2.44. The molecule has 0 aromatic carbocycles. The Kier molecular flexibility index (Phi) is 5.48. The van der Waals surface area contributed by atoms with Crippen molar-refractivity contribution >= 4 is 17.4 Å². The largest absolute Gasteiger partial charge is 0.474 e. The van der Waals surface area contributed by atoms with E-state index in [1.807, 2.05) is 13.8 Å². The van der Waals surface area contributed by atoms with Crippen LogP contribution in [0, 0.1) is 5.92 Å². The van der Waals surface area contributed by atoms with E-state index in [1.165, 1.54) is 0 Å². The standard InChI is InChI=1S/C12H20ClN3O/c1-8(2)17-12-7-14-6-11(16-12)15-10(4)9(3)5-13/h6-10H,5H2,1-4H3,(H,15,16). The van der Waals surface area contributed by atoms with Gasteiger partial charge in [-0.3, -0.25) is 4.98 Å². The lowest BCUT2D eigenvalue weighted by atomic mass is 10.1. The molecule has 1 heterocycles. The fraction of sp³-hybridized carbons (Fsp3) is 0.667. The van der Waals surface area contributed by atoms with Crippen molar-refractivity contribution in [1.82, 2.24) is 9.97 Å². The van der Waals surface area contributed by atoms with Gasteiger partial charge >= 0.3 is 0 Å². The van der Waals surface area contributed by atoms with Crippen molar-refractivity contribution in [2.75, 3.05) is 11.2 Å². The summed E-state index contributed by atoms with van der Waals surface area (Å²) in [4.78, 5) is 8.42. The highest BCUT2D eigenvalue weighted by Gasteiger charge is 2.12. The van der Waals surface area contributed by atoms with Gasteiger partial charge in [-0.15, -0.1) is 11.6 Å². The molecule has 5 heteroatoms. The zero-order chi connectivity index (χ0) is 12.8. The van der Waals surface area contributed by atoms with Gasteiger partial charge in [0.2, 0.25) is 5.88 Å². The predicted octanol–water partition coefficient (Wildman–Crippen LogP) is 2.94. The summed E-state index contributed by atoms with van der Waals surface area (Å²) in [7, 11) is 0. The van der Waals surface area contributed by atoms with E-state index in [1.54, 1.807) is 12.4 Å². The summed E-state index contributed by atoms with van der Waals surface area (Å²) >= 11 is 5.81. The Balaban J connectivity index is 2.65. The molecule has 4 nitrogen and oxygen atoms in total. The first-order valence-electron chi connectivity index (χ1n) is 5.84. The Morgan fingerprint density at radius 3 is 2.59 bits per heavy atom. The number of nitrogens with zero attached hydrogens (tertiary/aromatic N) is 2. The van der Waals surface area contributed by atoms with Gasteiger partial charge in [0.05, 0.1) is 18.5 Å². The van der Waals surface area contributed by atoms with Gasteiger partial charge in [-0.2, -0.15) is 4.98 Å². The number of alkyl halides is 1. The molecule has 1 rings (SSSR count). The predicted molar refractivity (Wildman–Crippen MR) is 70.8 cm³/mol. The molecule has 0 aliphatic heterocycles. The van der Waals surface area contributed by atoms with Gasteiger partial charge in [0.15, 0.2) is 0 Å². The maximum absolute atomic E-state index is 5.81. The quantitative estimate of drug-likeness (QED) is 0.796. The molecule has 0 fully saturated rings. The van der Waals surface area contributed by atoms with Crippen molar-refractivity contribution in [1.29, 1.82) is 0 Å². The number of ether oxygens (including phenoxy) is 1. The van der Waals surface area contributed by atoms with Gasteiger partial charge in [0, 0.05) is 11.9 Å². The maximum Gasteiger partial charge on any atom is 0.234 e. The van der Waals surface area contributed by atoms with E-state index in [9.17, 15) is 0 Å². The Labute approximate surface area is 108 Å². The molecule has 0 aliphatic carbocycles. The van der Waals surface area contributed by atoms with E-state index in [4.69, 9.17) is 16.3 Å². The van der Waals surface area contributed by atoms with Crippen LogP contribution < -0.4 is 10.1 Å². The van der Waals surface area contributed by atoms with E-state index in [0.29, 0.717) is 23.5 Å². The van der Waals surface area contributed by atoms with Crippen LogP contribution in [0.3, 0.4) is 0 Å². The monoisotopic (exact) mass is 257 g/mol. The van der Waals surface area contributed by atoms with Crippen LogP contribution in [0.5, 0.6) is 5.88 Å². The molecule has 1 aromatic heterocycles. The molecule has 1 N–H and O–H groups in total. The maximum atomic E-state index is 5.81. The lowest BCUT2D eigenvalue weighted by Gasteiger charge is -2.19. The van der Waals surface area contributed by atoms with Crippen molar-refractivity contribution in [3.05, 3.63) is 12.4 Å². The van der Waals surface area contributed by atoms with Crippen LogP contribution in [-0.4, -0.2) is 28.0 Å². The number of aromatic nitrogens is 2. The molecular formula is C12H20ClN3O. The first kappa shape index (κ1) is 14.0. The van der Waals surface area contributed by atoms with Crippen molar-refractivity contribution in [2.24, 2.45) is 5.92 Å². The van der Waals surface area contributed by atoms with Crippen molar-refractivity contribution < 1.29 is 4.74 Å². The molecule has 0 aliphatic rings. The highest BCUT2D eigenvalue weighted by Crippen LogP contribution is 2.14. The van der Waals surface area contributed by atoms with E-state index < -0.39 is 0 Å². The van der Waals surface area contributed by atoms with Gasteiger partial charge in [-0.1, -0.05) is 6.92 Å². The fourth-order valence-electron chi connectivity index (χ4n) is 1.23. The third kappa shape index (κ3) is 4.77. The summed E-state index contributed by atoms with van der Waals surface area (Å²) in [6.07, 6.45) is 3.39. The van der Waals surface area contributed by atoms with Gasteiger partial charge in [0.1, 0.15) is 5.82 Å². The average Bonchev–Trinajstić information content (AvgIpc) is 2.27. The minimum Gasteiger partial charge on any atom is -0.474 e. The van der Waals surface area contributed by atoms with Crippen molar-refractivity contribution in [2.45, 2.75) is 39.8 Å². The number of halogens is 1. The van der Waals surface area contributed by atoms with E-state index in [0.717, 1.165) is 0 Å². The van der Waals surface area contributed by atoms with Crippen LogP contribution in [0.2, 0.25) is 0 Å². The topological polar surface area (TPSA) is 47.0 Å². The fourth-order valence-corrected chi connectivity index (χ4v) is 1.49. The molecule has 2 unspecified atom stereocenters. The number of hydrogen-bond donors (Lipinski definition) is 1. The first-order valence-corrected chi connectivity index (χ1v) is 6.37. The summed E-state index contributed by atoms with van der Waals surface area (Å²) in [6.45, 7) is 8.08. The van der Waals surface area contributed by atoms with Crippen LogP contribution in [-0.2, 0) is 0 Å². The Morgan fingerprint density at radius 2 is 2.00 bits per heavy atom. The molecule has 0 radical (unpaired) electrons. The molecule has 0 saturated carbocycles. The van der Waals surface area contributed by atoms with E-state index in [-0.39, 0.29) is 12.1 Å². The summed E-state index contributed by atoms with van der Waals surface area (Å²) in [6, 6.07) is 0.246. The SMILES string of the molecule is CC(C)Oc1cncc(NC(C)C(C)CCl)n1. The van der Waals surface area contributed by atoms with Crippen molar-refractivity contribution in [3.8, 4) is 5.88 Å². The van der Waals surface area contributed by atoms with Crippen LogP contribution in [0.1, 0.15) is 27.7 Å². The molecular weight excluding hydrogens is 238 g/mol. The Hall–Kier alpha value is -1.03. The highest BCUT2D eigenvalue weighted by molar-refractivity contribution is 6.18. The van der Waals surface area contributed by atoms with Gasteiger partial charge in [0.25, 0.3) is 0 Å². The van der Waals surface area contributed by atoms with Crippen LogP contribution in [0.4, 0.5) is 5.82 Å². The van der Waals surface area contributed by atoms with Gasteiger partial charge in [-0.25, -0.2) is 0 Å². The summed E-state index contributed by atoms with van der Waals surface area (Å²) in [5.74, 6) is 2.24. The van der Waals surface area contributed by atoms with Gasteiger partial charge in [-0.05, 0) is 26.7 Å². The number of anilines is 1.